The summed E-state index contributed by atoms with van der Waals surface area (Å²) in [5.41, 5.74) is 4.54. The standard InChI is InChI=1S/C33H28FN7O4S2/c1-20-5-3-6-27(21(20)2)39-30(18-35-32(43)23-10-14-25(15-11-23)41(44)45)36-37-33(39)47-19-31(42)40-28(22-8-12-24(34)13-9-22)17-26(38-40)29-7-4-16-46-29/h3-16,28H,17-19H2,1-2H3,(H,35,43)/t28-/m0/s1. The third-order valence-corrected chi connectivity index (χ3v) is 9.65. The molecule has 3 aromatic carbocycles. The number of amides is 2. The van der Waals surface area contributed by atoms with Crippen molar-refractivity contribution in [2.24, 2.45) is 5.10 Å². The molecular weight excluding hydrogens is 642 g/mol. The van der Waals surface area contributed by atoms with Crippen molar-refractivity contribution in [3.63, 3.8) is 0 Å². The average Bonchev–Trinajstić information content (AvgIpc) is 3.85. The summed E-state index contributed by atoms with van der Waals surface area (Å²) in [6.07, 6.45) is 0.500. The van der Waals surface area contributed by atoms with E-state index in [1.165, 1.54) is 53.2 Å². The second kappa shape index (κ2) is 13.6. The molecule has 6 rings (SSSR count). The molecule has 0 aliphatic carbocycles. The van der Waals surface area contributed by atoms with E-state index in [4.69, 9.17) is 5.10 Å². The molecule has 14 heteroatoms. The highest BCUT2D eigenvalue weighted by atomic mass is 32.2. The molecule has 5 aromatic rings. The van der Waals surface area contributed by atoms with Gasteiger partial charge in [-0.1, -0.05) is 42.1 Å². The normalized spacial score (nSPS) is 14.2. The summed E-state index contributed by atoms with van der Waals surface area (Å²) in [6, 6.07) is 20.8. The molecule has 1 N–H and O–H groups in total. The first-order chi connectivity index (χ1) is 22.7. The van der Waals surface area contributed by atoms with Crippen molar-refractivity contribution in [1.82, 2.24) is 25.1 Å². The Morgan fingerprint density at radius 2 is 1.81 bits per heavy atom. The number of non-ortho nitro benzene ring substituents is 1. The Bertz CT molecular complexity index is 1980. The van der Waals surface area contributed by atoms with Crippen LogP contribution >= 0.6 is 23.1 Å². The Balaban J connectivity index is 1.24. The summed E-state index contributed by atoms with van der Waals surface area (Å²) >= 11 is 2.74. The van der Waals surface area contributed by atoms with E-state index in [9.17, 15) is 24.1 Å². The fourth-order valence-electron chi connectivity index (χ4n) is 5.19. The Morgan fingerprint density at radius 3 is 2.51 bits per heavy atom. The van der Waals surface area contributed by atoms with E-state index in [0.29, 0.717) is 17.4 Å². The molecule has 47 heavy (non-hydrogen) atoms. The van der Waals surface area contributed by atoms with Crippen molar-refractivity contribution < 1.29 is 18.9 Å². The van der Waals surface area contributed by atoms with Gasteiger partial charge in [0, 0.05) is 24.1 Å². The second-order valence-electron chi connectivity index (χ2n) is 10.8. The lowest BCUT2D eigenvalue weighted by Gasteiger charge is -2.22. The zero-order valence-corrected chi connectivity index (χ0v) is 26.9. The maximum atomic E-state index is 13.8. The molecule has 238 valence electrons. The minimum Gasteiger partial charge on any atom is -0.345 e. The molecule has 0 spiro atoms. The van der Waals surface area contributed by atoms with Gasteiger partial charge in [-0.05, 0) is 72.3 Å². The molecule has 11 nitrogen and oxygen atoms in total. The van der Waals surface area contributed by atoms with E-state index >= 15 is 0 Å². The minimum atomic E-state index is -0.528. The van der Waals surface area contributed by atoms with Gasteiger partial charge in [-0.25, -0.2) is 9.40 Å². The number of nitro groups is 1. The predicted molar refractivity (Wildman–Crippen MR) is 177 cm³/mol. The minimum absolute atomic E-state index is 0.00291. The first-order valence-electron chi connectivity index (χ1n) is 14.5. The van der Waals surface area contributed by atoms with Crippen LogP contribution in [0.4, 0.5) is 10.1 Å². The number of nitro benzene ring substituents is 1. The van der Waals surface area contributed by atoms with E-state index in [-0.39, 0.29) is 41.3 Å². The summed E-state index contributed by atoms with van der Waals surface area (Å²) in [6.45, 7) is 3.97. The first-order valence-corrected chi connectivity index (χ1v) is 16.4. The van der Waals surface area contributed by atoms with Crippen LogP contribution in [0, 0.1) is 29.8 Å². The monoisotopic (exact) mass is 669 g/mol. The van der Waals surface area contributed by atoms with Crippen molar-refractivity contribution >= 4 is 46.3 Å². The maximum absolute atomic E-state index is 13.8. The van der Waals surface area contributed by atoms with Crippen molar-refractivity contribution in [3.05, 3.63) is 133 Å². The first kappa shape index (κ1) is 31.8. The second-order valence-corrected chi connectivity index (χ2v) is 12.7. The van der Waals surface area contributed by atoms with Crippen molar-refractivity contribution in [2.45, 2.75) is 38.0 Å². The summed E-state index contributed by atoms with van der Waals surface area (Å²) in [5.74, 6) is -0.603. The Morgan fingerprint density at radius 1 is 1.04 bits per heavy atom. The number of thiophene rings is 1. The van der Waals surface area contributed by atoms with Gasteiger partial charge in [0.1, 0.15) is 5.82 Å². The Kier molecular flexibility index (Phi) is 9.22. The molecule has 2 amide bonds. The smallest absolute Gasteiger partial charge is 0.269 e. The fraction of sp³-hybridized carbons (Fsp3) is 0.182. The van der Waals surface area contributed by atoms with Gasteiger partial charge in [-0.15, -0.1) is 21.5 Å². The number of nitrogens with one attached hydrogen (secondary N) is 1. The van der Waals surface area contributed by atoms with E-state index in [2.05, 4.69) is 15.5 Å². The third kappa shape index (κ3) is 6.83. The Labute approximate surface area is 277 Å². The number of halogens is 1. The molecule has 1 atom stereocenters. The molecule has 0 fully saturated rings. The number of carbonyl (C=O) groups is 2. The lowest BCUT2D eigenvalue weighted by Crippen LogP contribution is -2.28. The van der Waals surface area contributed by atoms with Crippen LogP contribution in [-0.4, -0.2) is 48.0 Å². The van der Waals surface area contributed by atoms with Gasteiger partial charge in [0.15, 0.2) is 11.0 Å². The van der Waals surface area contributed by atoms with E-state index in [1.807, 2.05) is 54.1 Å². The third-order valence-electron chi connectivity index (χ3n) is 7.82. The van der Waals surface area contributed by atoms with Crippen LogP contribution in [0.15, 0.2) is 94.5 Å². The van der Waals surface area contributed by atoms with Crippen LogP contribution in [0.2, 0.25) is 0 Å². The largest absolute Gasteiger partial charge is 0.345 e. The van der Waals surface area contributed by atoms with Gasteiger partial charge in [0.05, 0.1) is 39.5 Å². The van der Waals surface area contributed by atoms with Gasteiger partial charge in [0.25, 0.3) is 17.5 Å². The van der Waals surface area contributed by atoms with Gasteiger partial charge >= 0.3 is 0 Å². The molecule has 2 aromatic heterocycles. The lowest BCUT2D eigenvalue weighted by atomic mass is 10.0. The molecule has 0 unspecified atom stereocenters. The topological polar surface area (TPSA) is 136 Å². The number of hydrogen-bond acceptors (Lipinski definition) is 9. The van der Waals surface area contributed by atoms with E-state index in [1.54, 1.807) is 23.5 Å². The van der Waals surface area contributed by atoms with E-state index in [0.717, 1.165) is 33.0 Å². The van der Waals surface area contributed by atoms with Crippen molar-refractivity contribution in [1.29, 1.82) is 0 Å². The van der Waals surface area contributed by atoms with Crippen LogP contribution in [0.1, 0.15) is 50.2 Å². The highest BCUT2D eigenvalue weighted by Crippen LogP contribution is 2.35. The van der Waals surface area contributed by atoms with Gasteiger partial charge < -0.3 is 5.32 Å². The number of hydrogen-bond donors (Lipinski definition) is 1. The molecule has 0 radical (unpaired) electrons. The van der Waals surface area contributed by atoms with Crippen LogP contribution < -0.4 is 5.32 Å². The number of benzene rings is 3. The van der Waals surface area contributed by atoms with Crippen LogP contribution in [0.3, 0.4) is 0 Å². The zero-order valence-electron chi connectivity index (χ0n) is 25.3. The number of aromatic nitrogens is 3. The van der Waals surface area contributed by atoms with E-state index < -0.39 is 10.8 Å². The molecular formula is C33H28FN7O4S2. The highest BCUT2D eigenvalue weighted by Gasteiger charge is 2.34. The molecule has 0 saturated heterocycles. The molecule has 0 saturated carbocycles. The number of thioether (sulfide) groups is 1. The number of carbonyl (C=O) groups excluding carboxylic acids is 2. The number of aryl methyl sites for hydroxylation is 1. The van der Waals surface area contributed by atoms with Gasteiger partial charge in [-0.3, -0.25) is 24.3 Å². The fourth-order valence-corrected chi connectivity index (χ4v) is 6.73. The molecule has 3 heterocycles. The predicted octanol–water partition coefficient (Wildman–Crippen LogP) is 6.39. The highest BCUT2D eigenvalue weighted by molar-refractivity contribution is 7.99. The van der Waals surface area contributed by atoms with Gasteiger partial charge in [-0.2, -0.15) is 5.10 Å². The van der Waals surface area contributed by atoms with Crippen LogP contribution in [0.25, 0.3) is 5.69 Å². The van der Waals surface area contributed by atoms with Crippen molar-refractivity contribution in [2.75, 3.05) is 5.75 Å². The molecule has 1 aliphatic rings. The quantitative estimate of drug-likeness (QED) is 0.103. The number of rotatable bonds is 10. The number of hydrazone groups is 1. The zero-order chi connectivity index (χ0) is 33.1. The van der Waals surface area contributed by atoms with Crippen LogP contribution in [0.5, 0.6) is 0 Å². The molecule has 0 bridgehead atoms. The Hall–Kier alpha value is -5.21. The lowest BCUT2D eigenvalue weighted by molar-refractivity contribution is -0.384. The number of nitrogens with zero attached hydrogens (tertiary/aromatic N) is 6. The summed E-state index contributed by atoms with van der Waals surface area (Å²) in [5, 5.41) is 31.1. The van der Waals surface area contributed by atoms with Crippen LogP contribution in [-0.2, 0) is 11.3 Å². The summed E-state index contributed by atoms with van der Waals surface area (Å²) in [4.78, 5) is 38.1. The summed E-state index contributed by atoms with van der Waals surface area (Å²) in [7, 11) is 0. The van der Waals surface area contributed by atoms with Crippen molar-refractivity contribution in [3.8, 4) is 5.69 Å². The molecule has 1 aliphatic heterocycles. The maximum Gasteiger partial charge on any atom is 0.269 e. The summed E-state index contributed by atoms with van der Waals surface area (Å²) < 4.78 is 15.5. The average molecular weight is 670 g/mol. The van der Waals surface area contributed by atoms with Gasteiger partial charge in [0.2, 0.25) is 0 Å². The SMILES string of the molecule is Cc1cccc(-n2c(CNC(=O)c3ccc([N+](=O)[O-])cc3)nnc2SCC(=O)N2N=C(c3cccs3)C[C@H]2c2ccc(F)cc2)c1C.